The third kappa shape index (κ3) is 3.01. The lowest BCUT2D eigenvalue weighted by Gasteiger charge is -2.09. The van der Waals surface area contributed by atoms with Crippen molar-refractivity contribution >= 4 is 17.4 Å². The van der Waals surface area contributed by atoms with Gasteiger partial charge in [-0.25, -0.2) is 4.98 Å². The normalized spacial score (nSPS) is 10.0. The summed E-state index contributed by atoms with van der Waals surface area (Å²) >= 11 is 0. The molecule has 0 radical (unpaired) electrons. The molecule has 1 amide bonds. The first-order chi connectivity index (χ1) is 9.10. The highest BCUT2D eigenvalue weighted by Crippen LogP contribution is 2.21. The van der Waals surface area contributed by atoms with Crippen LogP contribution in [0.15, 0.2) is 36.5 Å². The Kier molecular flexibility index (Phi) is 3.66. The van der Waals surface area contributed by atoms with Gasteiger partial charge in [-0.15, -0.1) is 0 Å². The number of phenols is 1. The number of anilines is 2. The van der Waals surface area contributed by atoms with E-state index in [1.807, 2.05) is 6.92 Å². The maximum absolute atomic E-state index is 12.1. The van der Waals surface area contributed by atoms with E-state index in [-0.39, 0.29) is 11.7 Å². The molecular weight excluding hydrogens is 242 g/mol. The van der Waals surface area contributed by atoms with Gasteiger partial charge >= 0.3 is 0 Å². The summed E-state index contributed by atoms with van der Waals surface area (Å²) < 4.78 is 0. The predicted octanol–water partition coefficient (Wildman–Crippen LogP) is 2.39. The molecule has 0 spiro atoms. The number of aromatic nitrogens is 1. The van der Waals surface area contributed by atoms with Crippen LogP contribution >= 0.6 is 0 Å². The van der Waals surface area contributed by atoms with Crippen molar-refractivity contribution in [3.8, 4) is 5.75 Å². The van der Waals surface area contributed by atoms with E-state index in [9.17, 15) is 9.90 Å². The Bertz CT molecular complexity index is 611. The molecule has 2 rings (SSSR count). The van der Waals surface area contributed by atoms with Crippen LogP contribution in [0.25, 0.3) is 0 Å². The molecule has 2 aromatic rings. The van der Waals surface area contributed by atoms with E-state index >= 15 is 0 Å². The molecule has 0 aliphatic rings. The molecule has 98 valence electrons. The Balaban J connectivity index is 2.20. The Morgan fingerprint density at radius 3 is 2.74 bits per heavy atom. The van der Waals surface area contributed by atoms with E-state index in [1.54, 1.807) is 37.5 Å². The molecule has 0 fully saturated rings. The number of carbonyl (C=O) groups is 1. The van der Waals surface area contributed by atoms with Gasteiger partial charge in [0.15, 0.2) is 0 Å². The minimum atomic E-state index is -0.215. The van der Waals surface area contributed by atoms with Gasteiger partial charge in [0.1, 0.15) is 11.6 Å². The third-order valence-electron chi connectivity index (χ3n) is 2.74. The van der Waals surface area contributed by atoms with Gasteiger partial charge in [-0.1, -0.05) is 0 Å². The van der Waals surface area contributed by atoms with Crippen molar-refractivity contribution in [3.63, 3.8) is 0 Å². The largest absolute Gasteiger partial charge is 0.508 e. The van der Waals surface area contributed by atoms with Crippen LogP contribution in [0.5, 0.6) is 5.75 Å². The van der Waals surface area contributed by atoms with Crippen molar-refractivity contribution in [1.82, 2.24) is 4.98 Å². The first-order valence-electron chi connectivity index (χ1n) is 5.85. The van der Waals surface area contributed by atoms with Crippen molar-refractivity contribution in [1.29, 1.82) is 0 Å². The van der Waals surface area contributed by atoms with Gasteiger partial charge in [-0.2, -0.15) is 0 Å². The van der Waals surface area contributed by atoms with E-state index in [4.69, 9.17) is 0 Å². The summed E-state index contributed by atoms with van der Waals surface area (Å²) in [7, 11) is 1.74. The second kappa shape index (κ2) is 5.39. The molecular formula is C14H15N3O2. The van der Waals surface area contributed by atoms with Crippen molar-refractivity contribution in [3.05, 3.63) is 47.7 Å². The Morgan fingerprint density at radius 1 is 1.26 bits per heavy atom. The fourth-order valence-corrected chi connectivity index (χ4v) is 1.69. The van der Waals surface area contributed by atoms with Gasteiger partial charge in [0.05, 0.1) is 0 Å². The van der Waals surface area contributed by atoms with Crippen LogP contribution in [0.2, 0.25) is 0 Å². The highest BCUT2D eigenvalue weighted by atomic mass is 16.3. The topological polar surface area (TPSA) is 74.2 Å². The number of aryl methyl sites for hydroxylation is 1. The van der Waals surface area contributed by atoms with Gasteiger partial charge < -0.3 is 15.7 Å². The number of carbonyl (C=O) groups excluding carboxylic acids is 1. The number of phenolic OH excluding ortho intramolecular Hbond substituents is 1. The lowest BCUT2D eigenvalue weighted by atomic mass is 10.1. The molecule has 0 aliphatic carbocycles. The smallest absolute Gasteiger partial charge is 0.255 e. The third-order valence-corrected chi connectivity index (χ3v) is 2.74. The van der Waals surface area contributed by atoms with Crippen LogP contribution in [0.3, 0.4) is 0 Å². The van der Waals surface area contributed by atoms with Gasteiger partial charge in [0.25, 0.3) is 5.91 Å². The summed E-state index contributed by atoms with van der Waals surface area (Å²) in [5, 5.41) is 15.0. The molecule has 1 heterocycles. The van der Waals surface area contributed by atoms with Crippen molar-refractivity contribution in [2.45, 2.75) is 6.92 Å². The molecule has 0 aliphatic heterocycles. The van der Waals surface area contributed by atoms with Crippen LogP contribution < -0.4 is 10.6 Å². The monoisotopic (exact) mass is 257 g/mol. The highest BCUT2D eigenvalue weighted by molar-refractivity contribution is 6.05. The highest BCUT2D eigenvalue weighted by Gasteiger charge is 2.08. The number of hydrogen-bond donors (Lipinski definition) is 3. The van der Waals surface area contributed by atoms with Gasteiger partial charge in [0, 0.05) is 24.5 Å². The van der Waals surface area contributed by atoms with E-state index in [0.29, 0.717) is 17.1 Å². The van der Waals surface area contributed by atoms with Gasteiger partial charge in [-0.3, -0.25) is 4.79 Å². The Labute approximate surface area is 111 Å². The molecule has 1 aromatic heterocycles. The minimum absolute atomic E-state index is 0.178. The lowest BCUT2D eigenvalue weighted by Crippen LogP contribution is -2.13. The summed E-state index contributed by atoms with van der Waals surface area (Å²) in [6.45, 7) is 1.82. The van der Waals surface area contributed by atoms with Crippen LogP contribution in [0.1, 0.15) is 15.9 Å². The number of rotatable bonds is 3. The average Bonchev–Trinajstić information content (AvgIpc) is 2.42. The first kappa shape index (κ1) is 12.9. The number of nitrogens with zero attached hydrogens (tertiary/aromatic N) is 1. The fourth-order valence-electron chi connectivity index (χ4n) is 1.69. The molecule has 0 atom stereocenters. The Hall–Kier alpha value is -2.56. The number of benzene rings is 1. The molecule has 0 bridgehead atoms. The second-order valence-corrected chi connectivity index (χ2v) is 4.13. The Morgan fingerprint density at radius 2 is 2.05 bits per heavy atom. The molecule has 1 aromatic carbocycles. The second-order valence-electron chi connectivity index (χ2n) is 4.13. The zero-order valence-corrected chi connectivity index (χ0v) is 10.8. The quantitative estimate of drug-likeness (QED) is 0.738. The van der Waals surface area contributed by atoms with E-state index in [1.165, 1.54) is 6.07 Å². The molecule has 3 N–H and O–H groups in total. The molecule has 5 nitrogen and oxygen atoms in total. The maximum Gasteiger partial charge on any atom is 0.255 e. The average molecular weight is 257 g/mol. The zero-order valence-electron chi connectivity index (χ0n) is 10.8. The molecule has 5 heteroatoms. The standard InChI is InChI=1S/C14H15N3O2/c1-9-7-11(18)3-4-12(9)17-14(19)10-5-6-16-13(8-10)15-2/h3-8,18H,1-2H3,(H,15,16)(H,17,19). The van der Waals surface area contributed by atoms with Crippen molar-refractivity contribution < 1.29 is 9.90 Å². The van der Waals surface area contributed by atoms with Crippen molar-refractivity contribution in [2.75, 3.05) is 17.7 Å². The zero-order chi connectivity index (χ0) is 13.8. The molecule has 0 unspecified atom stereocenters. The summed E-state index contributed by atoms with van der Waals surface area (Å²) in [6.07, 6.45) is 1.57. The van der Waals surface area contributed by atoms with Crippen LogP contribution in [0, 0.1) is 6.92 Å². The number of hydrogen-bond acceptors (Lipinski definition) is 4. The SMILES string of the molecule is CNc1cc(C(=O)Nc2ccc(O)cc2C)ccn1. The molecule has 19 heavy (non-hydrogen) atoms. The molecule has 0 saturated carbocycles. The number of nitrogens with one attached hydrogen (secondary N) is 2. The summed E-state index contributed by atoms with van der Waals surface area (Å²) in [6, 6.07) is 8.12. The lowest BCUT2D eigenvalue weighted by molar-refractivity contribution is 0.102. The fraction of sp³-hybridized carbons (Fsp3) is 0.143. The van der Waals surface area contributed by atoms with E-state index in [0.717, 1.165) is 5.56 Å². The van der Waals surface area contributed by atoms with E-state index in [2.05, 4.69) is 15.6 Å². The maximum atomic E-state index is 12.1. The van der Waals surface area contributed by atoms with Crippen LogP contribution in [0.4, 0.5) is 11.5 Å². The first-order valence-corrected chi connectivity index (χ1v) is 5.85. The summed E-state index contributed by atoms with van der Waals surface area (Å²) in [4.78, 5) is 16.1. The van der Waals surface area contributed by atoms with Gasteiger partial charge in [-0.05, 0) is 42.8 Å². The summed E-state index contributed by atoms with van der Waals surface area (Å²) in [5.74, 6) is 0.597. The number of aromatic hydroxyl groups is 1. The number of pyridine rings is 1. The molecule has 0 saturated heterocycles. The summed E-state index contributed by atoms with van der Waals surface area (Å²) in [5.41, 5.74) is 1.99. The number of amides is 1. The predicted molar refractivity (Wildman–Crippen MR) is 74.6 cm³/mol. The van der Waals surface area contributed by atoms with Gasteiger partial charge in [0.2, 0.25) is 0 Å². The van der Waals surface area contributed by atoms with Crippen LogP contribution in [-0.4, -0.2) is 23.0 Å². The minimum Gasteiger partial charge on any atom is -0.508 e. The van der Waals surface area contributed by atoms with Crippen molar-refractivity contribution in [2.24, 2.45) is 0 Å². The van der Waals surface area contributed by atoms with Crippen LogP contribution in [-0.2, 0) is 0 Å². The van der Waals surface area contributed by atoms with E-state index < -0.39 is 0 Å².